The number of hydrogen-bond acceptors (Lipinski definition) is 14. The average molecular weight is 952 g/mol. The molecule has 0 spiro atoms. The van der Waals surface area contributed by atoms with Crippen LogP contribution < -0.4 is 25.6 Å². The van der Waals surface area contributed by atoms with Gasteiger partial charge in [0.15, 0.2) is 5.82 Å². The topological polar surface area (TPSA) is 188 Å². The van der Waals surface area contributed by atoms with Crippen molar-refractivity contribution in [2.24, 2.45) is 0 Å². The summed E-state index contributed by atoms with van der Waals surface area (Å²) in [6, 6.07) is 13.2. The number of amides is 4. The minimum atomic E-state index is -0.916. The monoisotopic (exact) mass is 951 g/mol. The Bertz CT molecular complexity index is 3040. The molecule has 18 heteroatoms. The lowest BCUT2D eigenvalue weighted by molar-refractivity contribution is -0.136. The van der Waals surface area contributed by atoms with E-state index in [2.05, 4.69) is 48.2 Å². The summed E-state index contributed by atoms with van der Waals surface area (Å²) in [6.45, 7) is 8.18. The van der Waals surface area contributed by atoms with Crippen LogP contribution in [0.4, 0.5) is 14.6 Å². The largest absolute Gasteiger partial charge is 0.466 e. The van der Waals surface area contributed by atoms with E-state index in [1.54, 1.807) is 36.5 Å². The molecule has 0 radical (unpaired) electrons. The third-order valence-electron chi connectivity index (χ3n) is 14.5. The number of hydrogen-bond donors (Lipinski definition) is 3. The number of imide groups is 2. The van der Waals surface area contributed by atoms with E-state index in [1.165, 1.54) is 6.07 Å². The van der Waals surface area contributed by atoms with Crippen LogP contribution in [0.2, 0.25) is 0 Å². The molecule has 16 nitrogen and oxygen atoms in total. The van der Waals surface area contributed by atoms with Crippen LogP contribution in [-0.4, -0.2) is 131 Å². The van der Waals surface area contributed by atoms with Gasteiger partial charge in [0.2, 0.25) is 11.8 Å². The maximum Gasteiger partial charge on any atom is 0.319 e. The second-order valence-electron chi connectivity index (χ2n) is 18.9. The van der Waals surface area contributed by atoms with E-state index in [0.29, 0.717) is 70.4 Å². The first-order valence-corrected chi connectivity index (χ1v) is 23.6. The number of halogens is 2. The molecule has 2 aromatic heterocycles. The maximum atomic E-state index is 16.8. The molecule has 8 heterocycles. The first-order chi connectivity index (χ1) is 33.9. The minimum Gasteiger partial charge on any atom is -0.466 e. The summed E-state index contributed by atoms with van der Waals surface area (Å²) in [5, 5.41) is 10.4. The van der Waals surface area contributed by atoms with Crippen molar-refractivity contribution in [3.63, 3.8) is 0 Å². The van der Waals surface area contributed by atoms with Gasteiger partial charge in [-0.2, -0.15) is 9.97 Å². The lowest BCUT2D eigenvalue weighted by atomic mass is 9.94. The number of fused-ring (bicyclic) bond motifs is 6. The van der Waals surface area contributed by atoms with Gasteiger partial charge in [-0.05, 0) is 87.7 Å². The molecule has 3 aromatic carbocycles. The Labute approximate surface area is 402 Å². The molecule has 70 heavy (non-hydrogen) atoms. The SMILES string of the molecule is C#Cc1c(F)ccc2cccc(-c3ncc4c(N5CC6CCC(C5)N6)nc(OCC56CCC(COC=O)N5CC(=C)C6)nc4c3F)c12.CNCCc1ccc2c(c1)C(=O)N(C1CCC(=O)NC1=O)C2=O. The summed E-state index contributed by atoms with van der Waals surface area (Å²) in [5.41, 5.74) is 2.86. The molecule has 0 saturated carbocycles. The highest BCUT2D eigenvalue weighted by atomic mass is 19.1. The molecule has 6 aliphatic rings. The average Bonchev–Trinajstić information content (AvgIpc) is 4.06. The van der Waals surface area contributed by atoms with Crippen molar-refractivity contribution in [3.05, 3.63) is 101 Å². The molecule has 2 bridgehead atoms. The van der Waals surface area contributed by atoms with Crippen LogP contribution in [0.25, 0.3) is 32.9 Å². The van der Waals surface area contributed by atoms with Gasteiger partial charge < -0.3 is 25.0 Å². The third kappa shape index (κ3) is 8.41. The Morgan fingerprint density at radius 3 is 2.56 bits per heavy atom. The molecule has 5 saturated heterocycles. The molecule has 0 aliphatic carbocycles. The summed E-state index contributed by atoms with van der Waals surface area (Å²) >= 11 is 0. The van der Waals surface area contributed by atoms with E-state index in [-0.39, 0.29) is 59.7 Å². The molecule has 11 rings (SSSR count). The van der Waals surface area contributed by atoms with Crippen molar-refractivity contribution in [2.45, 2.75) is 81.1 Å². The van der Waals surface area contributed by atoms with Gasteiger partial charge in [-0.25, -0.2) is 8.78 Å². The van der Waals surface area contributed by atoms with Crippen molar-refractivity contribution in [1.82, 2.24) is 40.7 Å². The Morgan fingerprint density at radius 1 is 1.00 bits per heavy atom. The number of carbonyl (C=O) groups excluding carboxylic acids is 5. The molecule has 5 atom stereocenters. The van der Waals surface area contributed by atoms with Gasteiger partial charge in [-0.15, -0.1) is 6.42 Å². The van der Waals surface area contributed by atoms with Crippen molar-refractivity contribution < 1.29 is 42.2 Å². The highest BCUT2D eigenvalue weighted by Gasteiger charge is 2.51. The van der Waals surface area contributed by atoms with Gasteiger partial charge >= 0.3 is 6.01 Å². The zero-order valence-corrected chi connectivity index (χ0v) is 38.6. The van der Waals surface area contributed by atoms with Crippen LogP contribution >= 0.6 is 0 Å². The van der Waals surface area contributed by atoms with Crippen molar-refractivity contribution >= 4 is 57.6 Å². The summed E-state index contributed by atoms with van der Waals surface area (Å²) in [6.07, 6.45) is 12.9. The lowest BCUT2D eigenvalue weighted by Gasteiger charge is -2.35. The predicted molar refractivity (Wildman–Crippen MR) is 255 cm³/mol. The van der Waals surface area contributed by atoms with Crippen molar-refractivity contribution in [2.75, 3.05) is 51.3 Å². The summed E-state index contributed by atoms with van der Waals surface area (Å²) in [4.78, 5) is 78.7. The zero-order valence-electron chi connectivity index (χ0n) is 38.6. The smallest absolute Gasteiger partial charge is 0.319 e. The number of piperidine rings is 1. The highest BCUT2D eigenvalue weighted by molar-refractivity contribution is 6.23. The lowest BCUT2D eigenvalue weighted by Crippen LogP contribution is -2.54. The van der Waals surface area contributed by atoms with E-state index in [9.17, 15) is 28.4 Å². The normalized spacial score (nSPS) is 23.8. The second-order valence-corrected chi connectivity index (χ2v) is 18.9. The minimum absolute atomic E-state index is 0.0202. The molecule has 5 fully saturated rings. The number of likely N-dealkylation sites (N-methyl/N-ethyl adjacent to an activating group) is 1. The van der Waals surface area contributed by atoms with Gasteiger partial charge in [-0.1, -0.05) is 48.4 Å². The quantitative estimate of drug-likeness (QED) is 0.0681. The number of piperazine rings is 1. The van der Waals surface area contributed by atoms with Crippen LogP contribution in [0.3, 0.4) is 0 Å². The fourth-order valence-corrected chi connectivity index (χ4v) is 11.2. The van der Waals surface area contributed by atoms with Crippen LogP contribution in [-0.2, 0) is 25.5 Å². The van der Waals surface area contributed by atoms with Gasteiger partial charge in [0.05, 0.1) is 27.6 Å². The van der Waals surface area contributed by atoms with E-state index in [1.807, 2.05) is 19.2 Å². The molecule has 3 N–H and O–H groups in total. The molecule has 5 aromatic rings. The molecule has 6 aliphatic heterocycles. The maximum absolute atomic E-state index is 16.8. The molecular weight excluding hydrogens is 901 g/mol. The fourth-order valence-electron chi connectivity index (χ4n) is 11.2. The molecule has 4 amide bonds. The van der Waals surface area contributed by atoms with E-state index < -0.39 is 35.4 Å². The predicted octanol–water partition coefficient (Wildman–Crippen LogP) is 4.61. The van der Waals surface area contributed by atoms with Crippen LogP contribution in [0.5, 0.6) is 6.01 Å². The number of benzene rings is 3. The Morgan fingerprint density at radius 2 is 1.80 bits per heavy atom. The van der Waals surface area contributed by atoms with Crippen LogP contribution in [0, 0.1) is 24.0 Å². The van der Waals surface area contributed by atoms with Gasteiger partial charge in [0.25, 0.3) is 18.3 Å². The number of carbonyl (C=O) groups is 5. The van der Waals surface area contributed by atoms with Crippen molar-refractivity contribution in [1.29, 1.82) is 0 Å². The summed E-state index contributed by atoms with van der Waals surface area (Å²) in [5.74, 6) is -0.111. The first kappa shape index (κ1) is 46.5. The Hall–Kier alpha value is -7.20. The third-order valence-corrected chi connectivity index (χ3v) is 14.5. The first-order valence-electron chi connectivity index (χ1n) is 23.6. The standard InChI is InChI=1S/C36H34F2N6O3.C16H17N3O4/c1-3-26-29(37)10-7-22-5-4-6-27(30(22)26)32-31(38)33-28(14-39-32)34(43-16-23-8-9-24(17-43)40-23)42-35(41-33)47-19-36-12-11-25(18-46-20-45)44(36)15-21(2)13-36;1-17-7-6-9-2-3-10-11(8-9)16(23)19(15(10)22)12-4-5-13(20)18-14(12)21/h1,4-7,10,14,20,23-25,40H,2,8-9,11-13,15-19H2;2-3,8,12,17H,4-7H2,1H3,(H,18,20,21). The number of nitrogens with one attached hydrogen (secondary N) is 3. The van der Waals surface area contributed by atoms with Crippen LogP contribution in [0.1, 0.15) is 76.8 Å². The molecule has 360 valence electrons. The number of rotatable bonds is 12. The van der Waals surface area contributed by atoms with Gasteiger partial charge in [0.1, 0.15) is 42.1 Å². The van der Waals surface area contributed by atoms with E-state index >= 15 is 4.39 Å². The summed E-state index contributed by atoms with van der Waals surface area (Å²) in [7, 11) is 1.84. The van der Waals surface area contributed by atoms with Crippen LogP contribution in [0.15, 0.2) is 66.9 Å². The number of anilines is 1. The number of terminal acetylenes is 1. The van der Waals surface area contributed by atoms with E-state index in [0.717, 1.165) is 74.2 Å². The number of pyridine rings is 1. The Kier molecular flexibility index (Phi) is 12.6. The van der Waals surface area contributed by atoms with Crippen molar-refractivity contribution in [3.8, 4) is 29.6 Å². The van der Waals surface area contributed by atoms with E-state index in [4.69, 9.17) is 20.9 Å². The number of aromatic nitrogens is 3. The second kappa shape index (κ2) is 18.9. The van der Waals surface area contributed by atoms with Gasteiger partial charge in [-0.3, -0.25) is 44.1 Å². The summed E-state index contributed by atoms with van der Waals surface area (Å²) < 4.78 is 43.2. The Balaban J connectivity index is 0.000000207. The fraction of sp³-hybridized carbons (Fsp3) is 0.385. The molecule has 5 unspecified atom stereocenters. The molecular formula is C52H51F2N9O7. The van der Waals surface area contributed by atoms with Gasteiger partial charge in [0, 0.05) is 61.3 Å². The number of nitrogens with zero attached hydrogens (tertiary/aromatic N) is 6. The number of ether oxygens (including phenoxy) is 2. The highest BCUT2D eigenvalue weighted by Crippen LogP contribution is 2.45. The zero-order chi connectivity index (χ0) is 48.8.